The number of nitrogens with zero attached hydrogens (tertiary/aromatic N) is 1. The van der Waals surface area contributed by atoms with Gasteiger partial charge in [-0.25, -0.2) is 4.98 Å². The average Bonchev–Trinajstić information content (AvgIpc) is 2.58. The summed E-state index contributed by atoms with van der Waals surface area (Å²) >= 11 is 1.67. The summed E-state index contributed by atoms with van der Waals surface area (Å²) in [5.74, 6) is 0. The minimum absolute atomic E-state index is 0.0946. The molecular formula is C12H16N2OS. The van der Waals surface area contributed by atoms with Gasteiger partial charge < -0.3 is 10.1 Å². The third-order valence-electron chi connectivity index (χ3n) is 2.24. The van der Waals surface area contributed by atoms with Crippen molar-refractivity contribution in [1.82, 2.24) is 4.98 Å². The molecule has 0 atom stereocenters. The molecule has 16 heavy (non-hydrogen) atoms. The summed E-state index contributed by atoms with van der Waals surface area (Å²) in [5.41, 5.74) is 0.950. The van der Waals surface area contributed by atoms with E-state index in [2.05, 4.69) is 30.2 Å². The Labute approximate surface area is 99.5 Å². The van der Waals surface area contributed by atoms with Gasteiger partial charge in [0.25, 0.3) is 0 Å². The average molecular weight is 236 g/mol. The molecule has 0 amide bonds. The topological polar surface area (TPSA) is 34.1 Å². The van der Waals surface area contributed by atoms with Crippen molar-refractivity contribution in [2.24, 2.45) is 0 Å². The number of methoxy groups -OCH3 is 1. The first-order chi connectivity index (χ1) is 7.61. The summed E-state index contributed by atoms with van der Waals surface area (Å²) in [4.78, 5) is 4.53. The zero-order chi connectivity index (χ0) is 11.6. The largest absolute Gasteiger partial charge is 0.382 e. The smallest absolute Gasteiger partial charge is 0.184 e. The summed E-state index contributed by atoms with van der Waals surface area (Å²) in [7, 11) is 1.71. The van der Waals surface area contributed by atoms with Gasteiger partial charge in [-0.1, -0.05) is 23.5 Å². The van der Waals surface area contributed by atoms with Crippen LogP contribution in [0.1, 0.15) is 13.8 Å². The van der Waals surface area contributed by atoms with Crippen LogP contribution in [0, 0.1) is 0 Å². The van der Waals surface area contributed by atoms with E-state index < -0.39 is 0 Å². The summed E-state index contributed by atoms with van der Waals surface area (Å²) < 4.78 is 6.37. The maximum absolute atomic E-state index is 5.17. The molecule has 0 spiro atoms. The van der Waals surface area contributed by atoms with Crippen LogP contribution >= 0.6 is 11.3 Å². The molecule has 0 fully saturated rings. The summed E-state index contributed by atoms with van der Waals surface area (Å²) in [6.07, 6.45) is 0. The van der Waals surface area contributed by atoms with Crippen LogP contribution in [0.15, 0.2) is 24.3 Å². The first-order valence-electron chi connectivity index (χ1n) is 5.23. The number of nitrogens with one attached hydrogen (secondary N) is 1. The maximum atomic E-state index is 5.17. The van der Waals surface area contributed by atoms with E-state index in [1.54, 1.807) is 18.4 Å². The quantitative estimate of drug-likeness (QED) is 0.885. The normalized spacial score (nSPS) is 11.9. The van der Waals surface area contributed by atoms with Gasteiger partial charge in [-0.15, -0.1) is 0 Å². The lowest BCUT2D eigenvalue weighted by molar-refractivity contribution is 0.158. The molecule has 0 aliphatic heterocycles. The Hall–Kier alpha value is -1.13. The van der Waals surface area contributed by atoms with Crippen LogP contribution < -0.4 is 5.32 Å². The number of para-hydroxylation sites is 1. The highest BCUT2D eigenvalue weighted by Crippen LogP contribution is 2.27. The molecule has 0 saturated carbocycles. The number of benzene rings is 1. The monoisotopic (exact) mass is 236 g/mol. The maximum Gasteiger partial charge on any atom is 0.184 e. The van der Waals surface area contributed by atoms with Gasteiger partial charge in [-0.3, -0.25) is 0 Å². The van der Waals surface area contributed by atoms with Gasteiger partial charge in [-0.05, 0) is 26.0 Å². The molecule has 2 rings (SSSR count). The first-order valence-corrected chi connectivity index (χ1v) is 6.05. The molecule has 1 heterocycles. The van der Waals surface area contributed by atoms with E-state index >= 15 is 0 Å². The number of anilines is 1. The Bertz CT molecular complexity index is 446. The van der Waals surface area contributed by atoms with Crippen molar-refractivity contribution in [1.29, 1.82) is 0 Å². The number of aromatic nitrogens is 1. The molecular weight excluding hydrogens is 220 g/mol. The molecule has 1 aromatic carbocycles. The van der Waals surface area contributed by atoms with E-state index in [1.165, 1.54) is 4.70 Å². The van der Waals surface area contributed by atoms with Crippen LogP contribution in [0.25, 0.3) is 10.2 Å². The van der Waals surface area contributed by atoms with Gasteiger partial charge in [0.05, 0.1) is 22.4 Å². The SMILES string of the molecule is COCC(C)(C)Nc1nc2ccccc2s1. The molecule has 0 bridgehead atoms. The Morgan fingerprint density at radius 3 is 2.81 bits per heavy atom. The molecule has 0 aliphatic rings. The van der Waals surface area contributed by atoms with Gasteiger partial charge in [0.15, 0.2) is 5.13 Å². The number of ether oxygens (including phenoxy) is 1. The van der Waals surface area contributed by atoms with Crippen LogP contribution in [0.5, 0.6) is 0 Å². The third-order valence-corrected chi connectivity index (χ3v) is 3.20. The number of rotatable bonds is 4. The van der Waals surface area contributed by atoms with Gasteiger partial charge >= 0.3 is 0 Å². The minimum atomic E-state index is -0.0946. The Balaban J connectivity index is 2.21. The zero-order valence-electron chi connectivity index (χ0n) is 9.78. The third kappa shape index (κ3) is 2.51. The minimum Gasteiger partial charge on any atom is -0.382 e. The fraction of sp³-hybridized carbons (Fsp3) is 0.417. The lowest BCUT2D eigenvalue weighted by Crippen LogP contribution is -2.35. The second-order valence-corrected chi connectivity index (χ2v) is 5.46. The molecule has 2 aromatic rings. The molecule has 1 aromatic heterocycles. The highest BCUT2D eigenvalue weighted by atomic mass is 32.1. The summed E-state index contributed by atoms with van der Waals surface area (Å²) in [5, 5.41) is 4.34. The highest BCUT2D eigenvalue weighted by molar-refractivity contribution is 7.22. The molecule has 86 valence electrons. The van der Waals surface area contributed by atoms with E-state index in [-0.39, 0.29) is 5.54 Å². The number of hydrogen-bond donors (Lipinski definition) is 1. The van der Waals surface area contributed by atoms with E-state index in [9.17, 15) is 0 Å². The van der Waals surface area contributed by atoms with E-state index in [4.69, 9.17) is 4.74 Å². The molecule has 1 N–H and O–H groups in total. The lowest BCUT2D eigenvalue weighted by Gasteiger charge is -2.24. The fourth-order valence-electron chi connectivity index (χ4n) is 1.61. The molecule has 0 radical (unpaired) electrons. The number of thiazole rings is 1. The van der Waals surface area contributed by atoms with Crippen LogP contribution in [0.2, 0.25) is 0 Å². The summed E-state index contributed by atoms with van der Waals surface area (Å²) in [6.45, 7) is 4.86. The lowest BCUT2D eigenvalue weighted by atomic mass is 10.1. The van der Waals surface area contributed by atoms with Crippen molar-refractivity contribution in [3.8, 4) is 0 Å². The molecule has 0 unspecified atom stereocenters. The van der Waals surface area contributed by atoms with Crippen molar-refractivity contribution in [2.45, 2.75) is 19.4 Å². The molecule has 0 aliphatic carbocycles. The van der Waals surface area contributed by atoms with Gasteiger partial charge in [0.1, 0.15) is 0 Å². The van der Waals surface area contributed by atoms with Crippen LogP contribution in [0.3, 0.4) is 0 Å². The van der Waals surface area contributed by atoms with Crippen molar-refractivity contribution in [3.63, 3.8) is 0 Å². The molecule has 3 nitrogen and oxygen atoms in total. The Kier molecular flexibility index (Phi) is 3.12. The Morgan fingerprint density at radius 1 is 1.38 bits per heavy atom. The first kappa shape index (κ1) is 11.4. The second kappa shape index (κ2) is 4.39. The molecule has 0 saturated heterocycles. The van der Waals surface area contributed by atoms with Crippen molar-refractivity contribution < 1.29 is 4.74 Å². The second-order valence-electron chi connectivity index (χ2n) is 4.43. The highest BCUT2D eigenvalue weighted by Gasteiger charge is 2.18. The Morgan fingerprint density at radius 2 is 2.12 bits per heavy atom. The summed E-state index contributed by atoms with van der Waals surface area (Å²) in [6, 6.07) is 8.15. The van der Waals surface area contributed by atoms with Gasteiger partial charge in [0.2, 0.25) is 0 Å². The fourth-order valence-corrected chi connectivity index (χ4v) is 2.66. The van der Waals surface area contributed by atoms with Crippen LogP contribution in [-0.4, -0.2) is 24.2 Å². The predicted octanol–water partition coefficient (Wildman–Crippen LogP) is 3.13. The molecule has 4 heteroatoms. The zero-order valence-corrected chi connectivity index (χ0v) is 10.6. The van der Waals surface area contributed by atoms with E-state index in [1.807, 2.05) is 18.2 Å². The van der Waals surface area contributed by atoms with Gasteiger partial charge in [-0.2, -0.15) is 0 Å². The van der Waals surface area contributed by atoms with E-state index in [0.717, 1.165) is 10.6 Å². The van der Waals surface area contributed by atoms with Gasteiger partial charge in [0, 0.05) is 7.11 Å². The van der Waals surface area contributed by atoms with E-state index in [0.29, 0.717) is 6.61 Å². The number of hydrogen-bond acceptors (Lipinski definition) is 4. The standard InChI is InChI=1S/C12H16N2OS/c1-12(2,8-15-3)14-11-13-9-6-4-5-7-10(9)16-11/h4-7H,8H2,1-3H3,(H,13,14). The predicted molar refractivity (Wildman–Crippen MR) is 69.2 cm³/mol. The van der Waals surface area contributed by atoms with Crippen molar-refractivity contribution in [3.05, 3.63) is 24.3 Å². The van der Waals surface area contributed by atoms with Crippen molar-refractivity contribution >= 4 is 26.7 Å². The van der Waals surface area contributed by atoms with Crippen LogP contribution in [0.4, 0.5) is 5.13 Å². The van der Waals surface area contributed by atoms with Crippen molar-refractivity contribution in [2.75, 3.05) is 19.0 Å². The number of fused-ring (bicyclic) bond motifs is 1. The van der Waals surface area contributed by atoms with Crippen LogP contribution in [-0.2, 0) is 4.74 Å².